The number of rotatable bonds is 15. The first-order chi connectivity index (χ1) is 21.4. The summed E-state index contributed by atoms with van der Waals surface area (Å²) in [5, 5.41) is 7.41. The largest absolute Gasteiger partial charge is 0.494 e. The highest BCUT2D eigenvalue weighted by Crippen LogP contribution is 2.34. The van der Waals surface area contributed by atoms with Crippen molar-refractivity contribution in [3.05, 3.63) is 41.1 Å². The molecule has 5 atom stereocenters. The summed E-state index contributed by atoms with van der Waals surface area (Å²) in [5.74, 6) is -1.89. The lowest BCUT2D eigenvalue weighted by molar-refractivity contribution is -0.289. The van der Waals surface area contributed by atoms with Gasteiger partial charge in [-0.05, 0) is 43.0 Å². The normalized spacial score (nSPS) is 21.1. The summed E-state index contributed by atoms with van der Waals surface area (Å²) in [7, 11) is 0. The molecule has 0 radical (unpaired) electrons. The summed E-state index contributed by atoms with van der Waals surface area (Å²) < 4.78 is 39.8. The second kappa shape index (κ2) is 16.8. The molecule has 0 saturated carbocycles. The number of nitrogens with one attached hydrogen (secondary N) is 1. The first-order valence-corrected chi connectivity index (χ1v) is 14.9. The molecule has 45 heavy (non-hydrogen) atoms. The maximum absolute atomic E-state index is 12.2. The number of nitrogens with two attached hydrogens (primary N) is 1. The van der Waals surface area contributed by atoms with Gasteiger partial charge in [-0.3, -0.25) is 24.3 Å². The molecule has 1 fully saturated rings. The number of esters is 4. The van der Waals surface area contributed by atoms with Crippen molar-refractivity contribution < 1.29 is 52.3 Å². The fourth-order valence-corrected chi connectivity index (χ4v) is 4.84. The third-order valence-corrected chi connectivity index (χ3v) is 6.79. The molecule has 0 bridgehead atoms. The molecule has 248 valence electrons. The average Bonchev–Trinajstić information content (AvgIpc) is 3.35. The zero-order chi connectivity index (χ0) is 33.1. The Morgan fingerprint density at radius 2 is 1.51 bits per heavy atom. The van der Waals surface area contributed by atoms with Gasteiger partial charge in [0.1, 0.15) is 18.5 Å². The third kappa shape index (κ3) is 10.5. The quantitative estimate of drug-likeness (QED) is 0.166. The van der Waals surface area contributed by atoms with Crippen LogP contribution in [0, 0.1) is 0 Å². The van der Waals surface area contributed by atoms with E-state index in [2.05, 4.69) is 10.2 Å². The Balaban J connectivity index is 1.95. The number of ether oxygens (including phenoxy) is 7. The van der Waals surface area contributed by atoms with Gasteiger partial charge in [-0.25, -0.2) is 0 Å². The zero-order valence-corrected chi connectivity index (χ0v) is 26.5. The van der Waals surface area contributed by atoms with Crippen LogP contribution in [0.5, 0.6) is 11.6 Å². The smallest absolute Gasteiger partial charge is 0.303 e. The molecule has 1 aliphatic rings. The number of carbonyl (C=O) groups is 4. The standard InChI is InChI=1S/C31H43N3O11/c1-17(2)26-24(15-22-9-11-23(12-10-22)39-14-8-7-13-32)30(34-33-26)45-31-29(43-21(6)38)28(42-20(5)37)27(41-19(4)36)25(44-31)16-40-18(3)35/h9-12,17,25,27-29,31H,7-8,13-16,32H2,1-6H3,(H,33,34)/t25-,27-,28+,29-,31+/m1/s1. The lowest BCUT2D eigenvalue weighted by Crippen LogP contribution is -2.63. The van der Waals surface area contributed by atoms with E-state index in [9.17, 15) is 19.2 Å². The second-order valence-electron chi connectivity index (χ2n) is 10.9. The Bertz CT molecular complexity index is 1290. The van der Waals surface area contributed by atoms with E-state index in [1.807, 2.05) is 38.1 Å². The Morgan fingerprint density at radius 3 is 2.09 bits per heavy atom. The lowest BCUT2D eigenvalue weighted by atomic mass is 9.97. The van der Waals surface area contributed by atoms with Crippen molar-refractivity contribution in [3.63, 3.8) is 0 Å². The molecule has 2 heterocycles. The molecular weight excluding hydrogens is 590 g/mol. The number of aromatic amines is 1. The minimum absolute atomic E-state index is 0.0328. The van der Waals surface area contributed by atoms with Crippen molar-refractivity contribution >= 4 is 23.9 Å². The molecule has 1 aliphatic heterocycles. The van der Waals surface area contributed by atoms with Gasteiger partial charge in [0.2, 0.25) is 18.3 Å². The summed E-state index contributed by atoms with van der Waals surface area (Å²) >= 11 is 0. The number of unbranched alkanes of at least 4 members (excludes halogenated alkanes) is 1. The Hall–Kier alpha value is -4.17. The summed E-state index contributed by atoms with van der Waals surface area (Å²) in [6.45, 7) is 9.48. The molecule has 1 saturated heterocycles. The number of benzene rings is 1. The van der Waals surface area contributed by atoms with Crippen LogP contribution >= 0.6 is 0 Å². The molecule has 2 aromatic rings. The van der Waals surface area contributed by atoms with Crippen LogP contribution in [0.4, 0.5) is 0 Å². The average molecular weight is 634 g/mol. The van der Waals surface area contributed by atoms with Gasteiger partial charge in [-0.15, -0.1) is 5.10 Å². The van der Waals surface area contributed by atoms with E-state index in [4.69, 9.17) is 38.9 Å². The molecule has 0 spiro atoms. The predicted octanol–water partition coefficient (Wildman–Crippen LogP) is 2.70. The molecule has 1 aromatic carbocycles. The van der Waals surface area contributed by atoms with E-state index in [-0.39, 0.29) is 18.4 Å². The summed E-state index contributed by atoms with van der Waals surface area (Å²) in [5.41, 5.74) is 8.01. The molecule has 0 unspecified atom stereocenters. The van der Waals surface area contributed by atoms with Crippen LogP contribution in [0.3, 0.4) is 0 Å². The van der Waals surface area contributed by atoms with Gasteiger partial charge in [-0.1, -0.05) is 26.0 Å². The molecule has 0 aliphatic carbocycles. The van der Waals surface area contributed by atoms with Crippen molar-refractivity contribution in [2.75, 3.05) is 19.8 Å². The molecular formula is C31H43N3O11. The first-order valence-electron chi connectivity index (χ1n) is 14.9. The highest BCUT2D eigenvalue weighted by molar-refractivity contribution is 5.68. The van der Waals surface area contributed by atoms with E-state index in [0.717, 1.165) is 56.2 Å². The van der Waals surface area contributed by atoms with E-state index in [1.54, 1.807) is 0 Å². The van der Waals surface area contributed by atoms with Gasteiger partial charge in [0, 0.05) is 45.4 Å². The van der Waals surface area contributed by atoms with E-state index in [0.29, 0.717) is 19.6 Å². The van der Waals surface area contributed by atoms with Gasteiger partial charge < -0.3 is 38.9 Å². The van der Waals surface area contributed by atoms with Crippen LogP contribution in [-0.2, 0) is 49.3 Å². The first kappa shape index (κ1) is 35.3. The van der Waals surface area contributed by atoms with Crippen molar-refractivity contribution in [2.24, 2.45) is 5.73 Å². The van der Waals surface area contributed by atoms with Gasteiger partial charge >= 0.3 is 23.9 Å². The zero-order valence-electron chi connectivity index (χ0n) is 26.5. The third-order valence-electron chi connectivity index (χ3n) is 6.79. The van der Waals surface area contributed by atoms with Crippen LogP contribution in [0.1, 0.15) is 77.1 Å². The Morgan fingerprint density at radius 1 is 0.889 bits per heavy atom. The van der Waals surface area contributed by atoms with Crippen LogP contribution in [0.15, 0.2) is 24.3 Å². The summed E-state index contributed by atoms with van der Waals surface area (Å²) in [6.07, 6.45) is -4.43. The Kier molecular flexibility index (Phi) is 13.2. The molecule has 0 amide bonds. The lowest BCUT2D eigenvalue weighted by Gasteiger charge is -2.43. The number of H-pyrrole nitrogens is 1. The van der Waals surface area contributed by atoms with Crippen molar-refractivity contribution in [3.8, 4) is 11.6 Å². The maximum atomic E-state index is 12.2. The maximum Gasteiger partial charge on any atom is 0.303 e. The molecule has 14 nitrogen and oxygen atoms in total. The highest BCUT2D eigenvalue weighted by Gasteiger charge is 2.53. The number of hydrogen-bond acceptors (Lipinski definition) is 13. The molecule has 1 aromatic heterocycles. The van der Waals surface area contributed by atoms with Crippen molar-refractivity contribution in [1.29, 1.82) is 0 Å². The van der Waals surface area contributed by atoms with E-state index >= 15 is 0 Å². The van der Waals surface area contributed by atoms with E-state index < -0.39 is 54.6 Å². The van der Waals surface area contributed by atoms with Crippen molar-refractivity contribution in [2.45, 2.75) is 97.4 Å². The fraction of sp³-hybridized carbons (Fsp3) is 0.581. The fourth-order valence-electron chi connectivity index (χ4n) is 4.84. The molecule has 14 heteroatoms. The van der Waals surface area contributed by atoms with Gasteiger partial charge in [0.15, 0.2) is 12.2 Å². The predicted molar refractivity (Wildman–Crippen MR) is 158 cm³/mol. The van der Waals surface area contributed by atoms with Crippen molar-refractivity contribution in [1.82, 2.24) is 10.2 Å². The number of nitrogens with zero attached hydrogens (tertiary/aromatic N) is 1. The summed E-state index contributed by atoms with van der Waals surface area (Å²) in [6, 6.07) is 7.64. The number of aromatic nitrogens is 2. The Labute approximate surface area is 262 Å². The molecule has 3 rings (SSSR count). The topological polar surface area (TPSA) is 188 Å². The molecule has 3 N–H and O–H groups in total. The second-order valence-corrected chi connectivity index (χ2v) is 10.9. The monoisotopic (exact) mass is 633 g/mol. The van der Waals surface area contributed by atoms with Gasteiger partial charge in [0.05, 0.1) is 6.61 Å². The summed E-state index contributed by atoms with van der Waals surface area (Å²) in [4.78, 5) is 48.0. The number of hydrogen-bond donors (Lipinski definition) is 2. The van der Waals surface area contributed by atoms with Crippen LogP contribution in [0.2, 0.25) is 0 Å². The minimum atomic E-state index is -1.41. The van der Waals surface area contributed by atoms with E-state index in [1.165, 1.54) is 6.92 Å². The minimum Gasteiger partial charge on any atom is -0.494 e. The van der Waals surface area contributed by atoms with Gasteiger partial charge in [-0.2, -0.15) is 0 Å². The van der Waals surface area contributed by atoms with Gasteiger partial charge in [0.25, 0.3) is 0 Å². The SMILES string of the molecule is CC(=O)OC[C@H]1O[C@@H](Oc2n[nH]c(C(C)C)c2Cc2ccc(OCCCCN)cc2)[C@H](OC(C)=O)[C@@H](OC(C)=O)[C@@H]1OC(C)=O. The van der Waals surface area contributed by atoms with Crippen LogP contribution in [0.25, 0.3) is 0 Å². The van der Waals surface area contributed by atoms with Crippen LogP contribution < -0.4 is 15.2 Å². The number of carbonyl (C=O) groups excluding carboxylic acids is 4. The highest BCUT2D eigenvalue weighted by atomic mass is 16.7. The van der Waals surface area contributed by atoms with Crippen LogP contribution in [-0.4, -0.2) is 84.5 Å².